The van der Waals surface area contributed by atoms with Gasteiger partial charge in [-0.15, -0.1) is 0 Å². The minimum Gasteiger partial charge on any atom is -0.451 e. The maximum Gasteiger partial charge on any atom is 0.332 e. The number of aliphatic hydroxyl groups excluding tert-OH is 2. The molecule has 3 fully saturated rings. The zero-order chi connectivity index (χ0) is 49.4. The zero-order valence-electron chi connectivity index (χ0n) is 40.4. The Balaban J connectivity index is 2.15. The van der Waals surface area contributed by atoms with Crippen molar-refractivity contribution in [3.05, 3.63) is 0 Å². The SMILES string of the molecule is CC(C)CC1OC(=O)C(C)N(C)C(=O)C2CCCN2C(=O)C(C(C)C)OC(=O)C(C(C)O)NC(=O)C(C(C)C)N(C)C(=O)C(C(C)CO)NC(=O)C(CC(C)C)OC(=O)C2(CC2)NC1=O. The van der Waals surface area contributed by atoms with E-state index in [0.29, 0.717) is 6.42 Å². The average Bonchev–Trinajstić information content (AvgIpc) is 3.84. The quantitative estimate of drug-likeness (QED) is 0.155. The monoisotopic (exact) mass is 923 g/mol. The van der Waals surface area contributed by atoms with Gasteiger partial charge >= 0.3 is 17.9 Å². The Morgan fingerprint density at radius 2 is 1.23 bits per heavy atom. The number of fused-ring (bicyclic) bond motifs is 1. The molecule has 0 aromatic rings. The number of nitrogens with one attached hydrogen (secondary N) is 3. The summed E-state index contributed by atoms with van der Waals surface area (Å²) in [6, 6.07) is -6.81. The standard InChI is InChI=1S/C45H74N6O14/c1-22(2)19-30-36(54)46-32(26(9)21-52)40(58)50(13)34(24(5)6)38(56)47-33(28(11)53)43(61)65-35(25(7)8)41(59)51-18-14-15-29(51)39(57)49(12)27(10)42(60)63-31(20-23(3)4)37(55)48-45(16-17-45)44(62)64-30/h22-35,52-53H,14-21H2,1-13H3,(H,46,54)(H,47,56)(H,48,55). The van der Waals surface area contributed by atoms with E-state index < -0.39 is 138 Å². The van der Waals surface area contributed by atoms with Gasteiger partial charge in [0.25, 0.3) is 17.7 Å². The molecule has 6 amide bonds. The molecule has 3 aliphatic rings. The number of carbonyl (C=O) groups is 9. The lowest BCUT2D eigenvalue weighted by Crippen LogP contribution is -2.61. The van der Waals surface area contributed by atoms with Crippen LogP contribution in [0.25, 0.3) is 0 Å². The van der Waals surface area contributed by atoms with Crippen molar-refractivity contribution in [3.8, 4) is 0 Å². The summed E-state index contributed by atoms with van der Waals surface area (Å²) in [6.07, 6.45) is -4.92. The fraction of sp³-hybridized carbons (Fsp3) is 0.800. The van der Waals surface area contributed by atoms with Crippen molar-refractivity contribution in [1.29, 1.82) is 0 Å². The van der Waals surface area contributed by atoms with Gasteiger partial charge in [-0.2, -0.15) is 0 Å². The first-order valence-corrected chi connectivity index (χ1v) is 22.9. The Labute approximate surface area is 382 Å². The summed E-state index contributed by atoms with van der Waals surface area (Å²) in [6.45, 7) is 17.3. The van der Waals surface area contributed by atoms with Crippen LogP contribution < -0.4 is 16.0 Å². The number of ether oxygens (including phenoxy) is 3. The number of rotatable bonds is 9. The molecule has 10 atom stereocenters. The third-order valence-electron chi connectivity index (χ3n) is 12.3. The maximum absolute atomic E-state index is 14.3. The number of hydrogen-bond donors (Lipinski definition) is 5. The van der Waals surface area contributed by atoms with Gasteiger partial charge in [-0.05, 0) is 76.0 Å². The molecule has 10 unspecified atom stereocenters. The Morgan fingerprint density at radius 3 is 1.72 bits per heavy atom. The highest BCUT2D eigenvalue weighted by atomic mass is 16.6. The summed E-state index contributed by atoms with van der Waals surface area (Å²) in [5.74, 6) is -10.3. The molecule has 5 N–H and O–H groups in total. The molecule has 1 spiro atoms. The molecule has 0 aromatic carbocycles. The second-order valence-electron chi connectivity index (χ2n) is 19.6. The smallest absolute Gasteiger partial charge is 0.332 e. The fourth-order valence-corrected chi connectivity index (χ4v) is 7.98. The van der Waals surface area contributed by atoms with E-state index in [-0.39, 0.29) is 50.5 Å². The highest BCUT2D eigenvalue weighted by molar-refractivity contribution is 5.98. The van der Waals surface area contributed by atoms with Gasteiger partial charge < -0.3 is 55.1 Å². The Morgan fingerprint density at radius 1 is 0.677 bits per heavy atom. The average molecular weight is 923 g/mol. The van der Waals surface area contributed by atoms with E-state index in [2.05, 4.69) is 16.0 Å². The Bertz CT molecular complexity index is 1760. The molecule has 368 valence electrons. The summed E-state index contributed by atoms with van der Waals surface area (Å²) >= 11 is 0. The van der Waals surface area contributed by atoms with E-state index in [4.69, 9.17) is 14.2 Å². The largest absolute Gasteiger partial charge is 0.451 e. The van der Waals surface area contributed by atoms with E-state index in [1.54, 1.807) is 55.4 Å². The van der Waals surface area contributed by atoms with E-state index in [0.717, 1.165) is 9.80 Å². The van der Waals surface area contributed by atoms with Crippen LogP contribution in [0.4, 0.5) is 0 Å². The van der Waals surface area contributed by atoms with Gasteiger partial charge in [0.1, 0.15) is 29.7 Å². The van der Waals surface area contributed by atoms with Gasteiger partial charge in [0.2, 0.25) is 17.7 Å². The first-order chi connectivity index (χ1) is 30.2. The summed E-state index contributed by atoms with van der Waals surface area (Å²) in [5, 5.41) is 28.8. The maximum atomic E-state index is 14.3. The van der Waals surface area contributed by atoms with Crippen LogP contribution in [0.2, 0.25) is 0 Å². The van der Waals surface area contributed by atoms with Crippen molar-refractivity contribution >= 4 is 53.4 Å². The van der Waals surface area contributed by atoms with Crippen molar-refractivity contribution in [2.75, 3.05) is 27.2 Å². The van der Waals surface area contributed by atoms with Crippen LogP contribution in [-0.2, 0) is 57.4 Å². The molecule has 1 saturated carbocycles. The second-order valence-corrected chi connectivity index (χ2v) is 19.6. The van der Waals surface area contributed by atoms with Gasteiger partial charge in [-0.25, -0.2) is 14.4 Å². The van der Waals surface area contributed by atoms with Crippen LogP contribution >= 0.6 is 0 Å². The lowest BCUT2D eigenvalue weighted by molar-refractivity contribution is -0.170. The van der Waals surface area contributed by atoms with Crippen molar-refractivity contribution in [2.45, 2.75) is 175 Å². The minimum atomic E-state index is -1.73. The van der Waals surface area contributed by atoms with Crippen LogP contribution in [-0.4, -0.2) is 166 Å². The molecule has 2 aliphatic heterocycles. The topological polar surface area (TPSA) is 268 Å². The number of esters is 3. The van der Waals surface area contributed by atoms with Crippen molar-refractivity contribution < 1.29 is 67.6 Å². The lowest BCUT2D eigenvalue weighted by atomic mass is 9.96. The first kappa shape index (κ1) is 54.5. The summed E-state index contributed by atoms with van der Waals surface area (Å²) < 4.78 is 17.3. The number of cyclic esters (lactones) is 3. The summed E-state index contributed by atoms with van der Waals surface area (Å²) in [7, 11) is 2.66. The molecule has 0 aromatic heterocycles. The van der Waals surface area contributed by atoms with Gasteiger partial charge in [0.05, 0.1) is 6.10 Å². The molecule has 0 radical (unpaired) electrons. The van der Waals surface area contributed by atoms with E-state index in [1.165, 1.54) is 39.8 Å². The first-order valence-electron chi connectivity index (χ1n) is 22.9. The third kappa shape index (κ3) is 13.6. The van der Waals surface area contributed by atoms with Gasteiger partial charge in [0.15, 0.2) is 24.4 Å². The summed E-state index contributed by atoms with van der Waals surface area (Å²) in [5.41, 5.74) is -1.55. The summed E-state index contributed by atoms with van der Waals surface area (Å²) in [4.78, 5) is 129. The molecule has 20 heteroatoms. The molecule has 65 heavy (non-hydrogen) atoms. The lowest BCUT2D eigenvalue weighted by Gasteiger charge is -2.36. The normalized spacial score (nSPS) is 29.6. The van der Waals surface area contributed by atoms with Crippen molar-refractivity contribution in [3.63, 3.8) is 0 Å². The minimum absolute atomic E-state index is 0.000688. The molecule has 2 heterocycles. The van der Waals surface area contributed by atoms with Crippen LogP contribution in [0.3, 0.4) is 0 Å². The number of hydrogen-bond acceptors (Lipinski definition) is 14. The van der Waals surface area contributed by atoms with Crippen LogP contribution in [0, 0.1) is 29.6 Å². The van der Waals surface area contributed by atoms with E-state index >= 15 is 0 Å². The Hall–Kier alpha value is -4.85. The highest BCUT2D eigenvalue weighted by Crippen LogP contribution is 2.38. The molecular weight excluding hydrogens is 849 g/mol. The fourth-order valence-electron chi connectivity index (χ4n) is 7.98. The van der Waals surface area contributed by atoms with Crippen LogP contribution in [0.15, 0.2) is 0 Å². The number of likely N-dealkylation sites (N-methyl/N-ethyl adjacent to an activating group) is 2. The van der Waals surface area contributed by atoms with Crippen LogP contribution in [0.5, 0.6) is 0 Å². The van der Waals surface area contributed by atoms with Gasteiger partial charge in [0, 0.05) is 33.2 Å². The highest BCUT2D eigenvalue weighted by Gasteiger charge is 2.55. The number of carbonyl (C=O) groups excluding carboxylic acids is 9. The van der Waals surface area contributed by atoms with Gasteiger partial charge in [-0.3, -0.25) is 28.8 Å². The number of amides is 6. The molecule has 20 nitrogen and oxygen atoms in total. The predicted octanol–water partition coefficient (Wildman–Crippen LogP) is 0.432. The predicted molar refractivity (Wildman–Crippen MR) is 234 cm³/mol. The third-order valence-corrected chi connectivity index (χ3v) is 12.3. The Kier molecular flexibility index (Phi) is 19.3. The molecule has 1 aliphatic carbocycles. The number of nitrogens with zero attached hydrogens (tertiary/aromatic N) is 3. The molecule has 3 rings (SSSR count). The molecular formula is C45H74N6O14. The second kappa shape index (κ2) is 23.1. The van der Waals surface area contributed by atoms with E-state index in [9.17, 15) is 53.4 Å². The van der Waals surface area contributed by atoms with E-state index in [1.807, 2.05) is 0 Å². The van der Waals surface area contributed by atoms with Crippen LogP contribution in [0.1, 0.15) is 115 Å². The molecule has 2 saturated heterocycles. The van der Waals surface area contributed by atoms with Gasteiger partial charge in [-0.1, -0.05) is 62.3 Å². The number of aliphatic hydroxyl groups is 2. The van der Waals surface area contributed by atoms with Crippen molar-refractivity contribution in [2.24, 2.45) is 29.6 Å². The molecule has 0 bridgehead atoms. The zero-order valence-corrected chi connectivity index (χ0v) is 40.4. The van der Waals surface area contributed by atoms with Crippen molar-refractivity contribution in [1.82, 2.24) is 30.7 Å².